The molecular weight excluding hydrogens is 382 g/mol. The first-order valence-electron chi connectivity index (χ1n) is 9.55. The lowest BCUT2D eigenvalue weighted by atomic mass is 10.0. The first-order valence-corrected chi connectivity index (χ1v) is 11.8. The lowest BCUT2D eigenvalue weighted by Crippen LogP contribution is -2.39. The largest absolute Gasteiger partial charge is 0.497 e. The summed E-state index contributed by atoms with van der Waals surface area (Å²) in [5.74, 6) is 1.34. The van der Waals surface area contributed by atoms with E-state index in [0.717, 1.165) is 22.9 Å². The van der Waals surface area contributed by atoms with Gasteiger partial charge in [-0.05, 0) is 49.9 Å². The molecule has 0 amide bonds. The number of hydrogen-bond acceptors (Lipinski definition) is 6. The van der Waals surface area contributed by atoms with Crippen molar-refractivity contribution in [1.82, 2.24) is 14.5 Å². The Labute approximate surface area is 164 Å². The molecule has 1 atom stereocenters. The number of benzene rings is 1. The summed E-state index contributed by atoms with van der Waals surface area (Å²) in [4.78, 5) is 0.313. The summed E-state index contributed by atoms with van der Waals surface area (Å²) in [7, 11) is -1.93. The number of aromatic nitrogens is 2. The van der Waals surface area contributed by atoms with E-state index in [9.17, 15) is 8.42 Å². The summed E-state index contributed by atoms with van der Waals surface area (Å²) in [6.45, 7) is 1.03. The van der Waals surface area contributed by atoms with Crippen LogP contribution in [0, 0.1) is 0 Å². The zero-order valence-electron chi connectivity index (χ0n) is 15.5. The number of ether oxygens (including phenoxy) is 1. The van der Waals surface area contributed by atoms with E-state index < -0.39 is 10.0 Å². The molecule has 0 bridgehead atoms. The summed E-state index contributed by atoms with van der Waals surface area (Å²) in [6.07, 6.45) is 6.77. The van der Waals surface area contributed by atoms with Crippen LogP contribution in [0.25, 0.3) is 0 Å². The summed E-state index contributed by atoms with van der Waals surface area (Å²) in [5, 5.41) is 11.0. The van der Waals surface area contributed by atoms with Crippen molar-refractivity contribution in [2.24, 2.45) is 0 Å². The molecule has 4 rings (SSSR count). The van der Waals surface area contributed by atoms with Crippen molar-refractivity contribution in [2.75, 3.05) is 20.2 Å². The average molecular weight is 408 g/mol. The monoisotopic (exact) mass is 407 g/mol. The Morgan fingerprint density at radius 1 is 1.00 bits per heavy atom. The topological polar surface area (TPSA) is 72.4 Å². The maximum atomic E-state index is 13.0. The fraction of sp³-hybridized carbons (Fsp3) is 0.579. The molecule has 2 heterocycles. The summed E-state index contributed by atoms with van der Waals surface area (Å²) >= 11 is 1.69. The second-order valence-corrected chi connectivity index (χ2v) is 10.3. The number of rotatable bonds is 5. The van der Waals surface area contributed by atoms with Crippen LogP contribution in [-0.2, 0) is 10.0 Å². The second kappa shape index (κ2) is 7.85. The van der Waals surface area contributed by atoms with Gasteiger partial charge in [0.25, 0.3) is 0 Å². The third kappa shape index (κ3) is 3.88. The van der Waals surface area contributed by atoms with E-state index in [1.165, 1.54) is 25.7 Å². The van der Waals surface area contributed by atoms with Crippen LogP contribution in [-0.4, -0.2) is 43.1 Å². The first kappa shape index (κ1) is 18.8. The van der Waals surface area contributed by atoms with Crippen molar-refractivity contribution in [3.05, 3.63) is 34.3 Å². The van der Waals surface area contributed by atoms with Crippen molar-refractivity contribution in [3.8, 4) is 5.75 Å². The van der Waals surface area contributed by atoms with Crippen LogP contribution < -0.4 is 4.74 Å². The molecule has 1 saturated carbocycles. The van der Waals surface area contributed by atoms with E-state index >= 15 is 0 Å². The molecule has 2 aromatic rings. The number of sulfonamides is 1. The highest BCUT2D eigenvalue weighted by Gasteiger charge is 2.33. The quantitative estimate of drug-likeness (QED) is 0.754. The number of hydrogen-bond donors (Lipinski definition) is 0. The van der Waals surface area contributed by atoms with Crippen LogP contribution in [0.5, 0.6) is 5.75 Å². The SMILES string of the molecule is COc1ccc(S(=O)(=O)N2CCCC(c3nnc(C4CCCC4)s3)C2)cc1. The van der Waals surface area contributed by atoms with Gasteiger partial charge in [-0.2, -0.15) is 4.31 Å². The van der Waals surface area contributed by atoms with E-state index in [1.807, 2.05) is 0 Å². The zero-order chi connectivity index (χ0) is 18.9. The smallest absolute Gasteiger partial charge is 0.243 e. The van der Waals surface area contributed by atoms with E-state index in [4.69, 9.17) is 4.74 Å². The average Bonchev–Trinajstić information content (AvgIpc) is 3.40. The van der Waals surface area contributed by atoms with Gasteiger partial charge >= 0.3 is 0 Å². The van der Waals surface area contributed by atoms with Crippen LogP contribution in [0.2, 0.25) is 0 Å². The molecule has 1 saturated heterocycles. The van der Waals surface area contributed by atoms with Crippen LogP contribution in [0.1, 0.15) is 60.4 Å². The molecule has 1 aromatic heterocycles. The molecule has 6 nitrogen and oxygen atoms in total. The molecule has 2 aliphatic rings. The van der Waals surface area contributed by atoms with Crippen LogP contribution in [0.3, 0.4) is 0 Å². The van der Waals surface area contributed by atoms with Crippen LogP contribution in [0.15, 0.2) is 29.2 Å². The molecule has 8 heteroatoms. The molecule has 146 valence electrons. The number of nitrogens with zero attached hydrogens (tertiary/aromatic N) is 3. The minimum Gasteiger partial charge on any atom is -0.497 e. The molecule has 1 aliphatic heterocycles. The molecule has 1 unspecified atom stereocenters. The predicted molar refractivity (Wildman–Crippen MR) is 105 cm³/mol. The number of piperidine rings is 1. The fourth-order valence-electron chi connectivity index (χ4n) is 4.01. The minimum atomic E-state index is -3.50. The molecule has 0 spiro atoms. The van der Waals surface area contributed by atoms with E-state index in [2.05, 4.69) is 10.2 Å². The van der Waals surface area contributed by atoms with Gasteiger partial charge in [-0.25, -0.2) is 8.42 Å². The van der Waals surface area contributed by atoms with Crippen molar-refractivity contribution in [3.63, 3.8) is 0 Å². The Kier molecular flexibility index (Phi) is 5.48. The predicted octanol–water partition coefficient (Wildman–Crippen LogP) is 3.77. The van der Waals surface area contributed by atoms with Gasteiger partial charge in [0, 0.05) is 24.9 Å². The van der Waals surface area contributed by atoms with Crippen molar-refractivity contribution in [2.45, 2.75) is 55.3 Å². The van der Waals surface area contributed by atoms with Gasteiger partial charge in [0.15, 0.2) is 0 Å². The van der Waals surface area contributed by atoms with Crippen molar-refractivity contribution in [1.29, 1.82) is 0 Å². The van der Waals surface area contributed by atoms with Crippen molar-refractivity contribution < 1.29 is 13.2 Å². The molecule has 27 heavy (non-hydrogen) atoms. The molecule has 0 N–H and O–H groups in total. The highest BCUT2D eigenvalue weighted by molar-refractivity contribution is 7.89. The van der Waals surface area contributed by atoms with Gasteiger partial charge in [-0.15, -0.1) is 21.5 Å². The Bertz CT molecular complexity index is 874. The summed E-state index contributed by atoms with van der Waals surface area (Å²) in [5.41, 5.74) is 0. The van der Waals surface area contributed by atoms with E-state index in [-0.39, 0.29) is 5.92 Å². The van der Waals surface area contributed by atoms with Crippen molar-refractivity contribution >= 4 is 21.4 Å². The summed E-state index contributed by atoms with van der Waals surface area (Å²) in [6, 6.07) is 6.60. The Morgan fingerprint density at radius 3 is 2.30 bits per heavy atom. The molecule has 1 aromatic carbocycles. The second-order valence-electron chi connectivity index (χ2n) is 7.34. The van der Waals surface area contributed by atoms with Gasteiger partial charge in [0.2, 0.25) is 10.0 Å². The summed E-state index contributed by atoms with van der Waals surface area (Å²) < 4.78 is 32.8. The number of methoxy groups -OCH3 is 1. The highest BCUT2D eigenvalue weighted by atomic mass is 32.2. The third-order valence-corrected chi connectivity index (χ3v) is 8.72. The van der Waals surface area contributed by atoms with E-state index in [0.29, 0.717) is 29.7 Å². The van der Waals surface area contributed by atoms with Crippen LogP contribution in [0.4, 0.5) is 0 Å². The molecule has 0 radical (unpaired) electrons. The first-order chi connectivity index (χ1) is 13.1. The Hall–Kier alpha value is -1.51. The van der Waals surface area contributed by atoms with Gasteiger partial charge < -0.3 is 4.74 Å². The zero-order valence-corrected chi connectivity index (χ0v) is 17.1. The van der Waals surface area contributed by atoms with Gasteiger partial charge in [-0.1, -0.05) is 12.8 Å². The Balaban J connectivity index is 1.50. The normalized spacial score (nSPS) is 22.2. The lowest BCUT2D eigenvalue weighted by molar-refractivity contribution is 0.314. The van der Waals surface area contributed by atoms with Gasteiger partial charge in [-0.3, -0.25) is 0 Å². The minimum absolute atomic E-state index is 0.138. The Morgan fingerprint density at radius 2 is 1.63 bits per heavy atom. The fourth-order valence-corrected chi connectivity index (χ4v) is 6.67. The van der Waals surface area contributed by atoms with Gasteiger partial charge in [0.05, 0.1) is 12.0 Å². The standard InChI is InChI=1S/C19H25N3O3S2/c1-25-16-8-10-17(11-9-16)27(23,24)22-12-4-7-15(13-22)19-21-20-18(26-19)14-5-2-3-6-14/h8-11,14-15H,2-7,12-13H2,1H3. The maximum absolute atomic E-state index is 13.0. The maximum Gasteiger partial charge on any atom is 0.243 e. The molecular formula is C19H25N3O3S2. The van der Waals surface area contributed by atoms with E-state index in [1.54, 1.807) is 47.0 Å². The van der Waals surface area contributed by atoms with Crippen LogP contribution >= 0.6 is 11.3 Å². The third-order valence-electron chi connectivity index (χ3n) is 5.59. The lowest BCUT2D eigenvalue weighted by Gasteiger charge is -2.30. The molecule has 1 aliphatic carbocycles. The molecule has 2 fully saturated rings. The van der Waals surface area contributed by atoms with Gasteiger partial charge in [0.1, 0.15) is 15.8 Å². The highest BCUT2D eigenvalue weighted by Crippen LogP contribution is 2.38.